The van der Waals surface area contributed by atoms with Gasteiger partial charge in [-0.05, 0) is 43.2 Å². The SMILES string of the molecule is COc1ccccc1CNc1cc(C)c(O)cc1C. The van der Waals surface area contributed by atoms with Gasteiger partial charge < -0.3 is 15.2 Å². The van der Waals surface area contributed by atoms with Gasteiger partial charge in [-0.1, -0.05) is 18.2 Å². The number of phenols is 1. The highest BCUT2D eigenvalue weighted by atomic mass is 16.5. The quantitative estimate of drug-likeness (QED) is 0.822. The van der Waals surface area contributed by atoms with Crippen molar-refractivity contribution < 1.29 is 9.84 Å². The molecular weight excluding hydrogens is 238 g/mol. The van der Waals surface area contributed by atoms with Gasteiger partial charge in [-0.25, -0.2) is 0 Å². The fourth-order valence-electron chi connectivity index (χ4n) is 2.03. The number of hydrogen-bond donors (Lipinski definition) is 2. The first-order valence-corrected chi connectivity index (χ1v) is 6.28. The molecule has 0 saturated heterocycles. The Balaban J connectivity index is 2.17. The number of anilines is 1. The summed E-state index contributed by atoms with van der Waals surface area (Å²) in [4.78, 5) is 0. The summed E-state index contributed by atoms with van der Waals surface area (Å²) in [6, 6.07) is 11.7. The predicted molar refractivity (Wildman–Crippen MR) is 77.9 cm³/mol. The monoisotopic (exact) mass is 257 g/mol. The number of ether oxygens (including phenoxy) is 1. The van der Waals surface area contributed by atoms with Crippen LogP contribution in [0.5, 0.6) is 11.5 Å². The molecule has 2 rings (SSSR count). The van der Waals surface area contributed by atoms with Crippen molar-refractivity contribution in [1.29, 1.82) is 0 Å². The zero-order valence-corrected chi connectivity index (χ0v) is 11.5. The van der Waals surface area contributed by atoms with E-state index in [1.54, 1.807) is 13.2 Å². The van der Waals surface area contributed by atoms with Crippen molar-refractivity contribution in [2.24, 2.45) is 0 Å². The van der Waals surface area contributed by atoms with Gasteiger partial charge in [0, 0.05) is 17.8 Å². The van der Waals surface area contributed by atoms with Crippen LogP contribution in [0.3, 0.4) is 0 Å². The lowest BCUT2D eigenvalue weighted by Gasteiger charge is -2.13. The van der Waals surface area contributed by atoms with Crippen LogP contribution in [0.25, 0.3) is 0 Å². The molecule has 0 aliphatic carbocycles. The van der Waals surface area contributed by atoms with Crippen molar-refractivity contribution in [3.05, 3.63) is 53.1 Å². The molecule has 100 valence electrons. The molecule has 0 radical (unpaired) electrons. The van der Waals surface area contributed by atoms with Crippen LogP contribution in [0.1, 0.15) is 16.7 Å². The molecule has 0 aliphatic rings. The highest BCUT2D eigenvalue weighted by Crippen LogP contribution is 2.26. The molecule has 3 heteroatoms. The van der Waals surface area contributed by atoms with Crippen LogP contribution in [0.4, 0.5) is 5.69 Å². The molecule has 0 spiro atoms. The smallest absolute Gasteiger partial charge is 0.123 e. The van der Waals surface area contributed by atoms with E-state index < -0.39 is 0 Å². The average molecular weight is 257 g/mol. The van der Waals surface area contributed by atoms with E-state index >= 15 is 0 Å². The minimum atomic E-state index is 0.334. The molecule has 0 aliphatic heterocycles. The molecule has 0 fully saturated rings. The zero-order valence-electron chi connectivity index (χ0n) is 11.5. The van der Waals surface area contributed by atoms with Gasteiger partial charge in [0.2, 0.25) is 0 Å². The van der Waals surface area contributed by atoms with Crippen LogP contribution in [-0.4, -0.2) is 12.2 Å². The minimum absolute atomic E-state index is 0.334. The van der Waals surface area contributed by atoms with Gasteiger partial charge in [0.15, 0.2) is 0 Å². The number of nitrogens with one attached hydrogen (secondary N) is 1. The van der Waals surface area contributed by atoms with Crippen molar-refractivity contribution in [1.82, 2.24) is 0 Å². The molecule has 19 heavy (non-hydrogen) atoms. The first kappa shape index (κ1) is 13.3. The van der Waals surface area contributed by atoms with Crippen molar-refractivity contribution in [2.75, 3.05) is 12.4 Å². The second kappa shape index (κ2) is 5.65. The number of hydrogen-bond acceptors (Lipinski definition) is 3. The van der Waals surface area contributed by atoms with Crippen molar-refractivity contribution in [2.45, 2.75) is 20.4 Å². The van der Waals surface area contributed by atoms with E-state index in [0.717, 1.165) is 28.1 Å². The number of aromatic hydroxyl groups is 1. The summed E-state index contributed by atoms with van der Waals surface area (Å²) in [7, 11) is 1.68. The molecule has 0 amide bonds. The van der Waals surface area contributed by atoms with E-state index in [0.29, 0.717) is 12.3 Å². The molecule has 0 aromatic heterocycles. The Bertz CT molecular complexity index is 579. The van der Waals surface area contributed by atoms with Crippen molar-refractivity contribution >= 4 is 5.69 Å². The predicted octanol–water partition coefficient (Wildman–Crippen LogP) is 3.63. The summed E-state index contributed by atoms with van der Waals surface area (Å²) < 4.78 is 5.33. The van der Waals surface area contributed by atoms with Gasteiger partial charge in [-0.15, -0.1) is 0 Å². The summed E-state index contributed by atoms with van der Waals surface area (Å²) in [6.07, 6.45) is 0. The molecule has 0 atom stereocenters. The average Bonchev–Trinajstić information content (AvgIpc) is 2.41. The van der Waals surface area contributed by atoms with Crippen LogP contribution in [0.2, 0.25) is 0 Å². The van der Waals surface area contributed by atoms with Crippen LogP contribution in [-0.2, 0) is 6.54 Å². The minimum Gasteiger partial charge on any atom is -0.508 e. The summed E-state index contributed by atoms with van der Waals surface area (Å²) in [6.45, 7) is 4.56. The summed E-state index contributed by atoms with van der Waals surface area (Å²) in [5.74, 6) is 1.21. The van der Waals surface area contributed by atoms with Gasteiger partial charge in [0.05, 0.1) is 7.11 Å². The number of rotatable bonds is 4. The molecule has 3 nitrogen and oxygen atoms in total. The lowest BCUT2D eigenvalue weighted by atomic mass is 10.1. The number of benzene rings is 2. The summed E-state index contributed by atoms with van der Waals surface area (Å²) in [5.41, 5.74) is 4.03. The van der Waals surface area contributed by atoms with E-state index in [9.17, 15) is 5.11 Å². The van der Waals surface area contributed by atoms with E-state index in [2.05, 4.69) is 5.32 Å². The Kier molecular flexibility index (Phi) is 3.95. The Hall–Kier alpha value is -2.16. The topological polar surface area (TPSA) is 41.5 Å². The zero-order chi connectivity index (χ0) is 13.8. The maximum absolute atomic E-state index is 9.64. The third-order valence-electron chi connectivity index (χ3n) is 3.20. The highest BCUT2D eigenvalue weighted by Gasteiger charge is 2.05. The standard InChI is InChI=1S/C16H19NO2/c1-11-9-15(18)12(2)8-14(11)17-10-13-6-4-5-7-16(13)19-3/h4-9,17-18H,10H2,1-3H3. The lowest BCUT2D eigenvalue weighted by Crippen LogP contribution is -2.03. The summed E-state index contributed by atoms with van der Waals surface area (Å²) in [5, 5.41) is 13.0. The van der Waals surface area contributed by atoms with Crippen LogP contribution in [0.15, 0.2) is 36.4 Å². The number of methoxy groups -OCH3 is 1. The molecule has 0 saturated carbocycles. The Labute approximate surface area is 113 Å². The molecule has 2 aromatic carbocycles. The number of phenolic OH excluding ortho intramolecular Hbond substituents is 1. The number of para-hydroxylation sites is 1. The van der Waals surface area contributed by atoms with Crippen molar-refractivity contribution in [3.63, 3.8) is 0 Å². The summed E-state index contributed by atoms with van der Waals surface area (Å²) >= 11 is 0. The Morgan fingerprint density at radius 2 is 1.84 bits per heavy atom. The molecule has 2 aromatic rings. The highest BCUT2D eigenvalue weighted by molar-refractivity contribution is 5.57. The maximum atomic E-state index is 9.64. The molecular formula is C16H19NO2. The maximum Gasteiger partial charge on any atom is 0.123 e. The van der Waals surface area contributed by atoms with Gasteiger partial charge in [-0.2, -0.15) is 0 Å². The fourth-order valence-corrected chi connectivity index (χ4v) is 2.03. The molecule has 2 N–H and O–H groups in total. The van der Waals surface area contributed by atoms with Crippen molar-refractivity contribution in [3.8, 4) is 11.5 Å². The van der Waals surface area contributed by atoms with Crippen LogP contribution < -0.4 is 10.1 Å². The van der Waals surface area contributed by atoms with E-state index in [4.69, 9.17) is 4.74 Å². The van der Waals surface area contributed by atoms with Gasteiger partial charge in [0.25, 0.3) is 0 Å². The van der Waals surface area contributed by atoms with E-state index in [1.165, 1.54) is 0 Å². The third kappa shape index (κ3) is 2.99. The second-order valence-corrected chi connectivity index (χ2v) is 4.62. The van der Waals surface area contributed by atoms with E-state index in [-0.39, 0.29) is 0 Å². The first-order chi connectivity index (χ1) is 9.11. The van der Waals surface area contributed by atoms with Crippen LogP contribution >= 0.6 is 0 Å². The molecule has 0 bridgehead atoms. The third-order valence-corrected chi connectivity index (χ3v) is 3.20. The second-order valence-electron chi connectivity index (χ2n) is 4.62. The van der Waals surface area contributed by atoms with Gasteiger partial charge in [0.1, 0.15) is 11.5 Å². The fraction of sp³-hybridized carbons (Fsp3) is 0.250. The number of aryl methyl sites for hydroxylation is 2. The lowest BCUT2D eigenvalue weighted by molar-refractivity contribution is 0.410. The molecule has 0 unspecified atom stereocenters. The molecule has 0 heterocycles. The Morgan fingerprint density at radius 3 is 2.58 bits per heavy atom. The van der Waals surface area contributed by atoms with Crippen LogP contribution in [0, 0.1) is 13.8 Å². The first-order valence-electron chi connectivity index (χ1n) is 6.28. The van der Waals surface area contributed by atoms with E-state index in [1.807, 2.05) is 44.2 Å². The Morgan fingerprint density at radius 1 is 1.11 bits per heavy atom. The van der Waals surface area contributed by atoms with Gasteiger partial charge >= 0.3 is 0 Å². The largest absolute Gasteiger partial charge is 0.508 e. The van der Waals surface area contributed by atoms with Gasteiger partial charge in [-0.3, -0.25) is 0 Å². The normalized spacial score (nSPS) is 10.3.